The number of hydrogen-bond donors (Lipinski definition) is 1. The van der Waals surface area contributed by atoms with E-state index >= 15 is 0 Å². The fourth-order valence-corrected chi connectivity index (χ4v) is 3.80. The zero-order valence-corrected chi connectivity index (χ0v) is 18.5. The first-order valence-electron chi connectivity index (χ1n) is 9.65. The standard InChI is InChI=1S/C21H18FN7O3S/c1-30-19-17(20(31-2)25-12-24-19)29-18(16-4-3-8-32-16)26-27-21(29)28-33-9-7-13-5-6-15(22)10-14(13)11-23/h3-6,8,10,12H,7,9H2,1-2H3,(H,27,28). The molecule has 3 heterocycles. The summed E-state index contributed by atoms with van der Waals surface area (Å²) in [6.07, 6.45) is 3.40. The molecule has 0 radical (unpaired) electrons. The van der Waals surface area contributed by atoms with Crippen molar-refractivity contribution >= 4 is 17.9 Å². The summed E-state index contributed by atoms with van der Waals surface area (Å²) in [5.41, 5.74) is 1.47. The Labute approximate surface area is 192 Å². The number of nitrogens with zero attached hydrogens (tertiary/aromatic N) is 6. The fourth-order valence-electron chi connectivity index (χ4n) is 3.11. The average Bonchev–Trinajstić information content (AvgIpc) is 3.51. The van der Waals surface area contributed by atoms with Gasteiger partial charge in [0, 0.05) is 5.75 Å². The highest BCUT2D eigenvalue weighted by atomic mass is 32.2. The molecular formula is C21H18FN7O3S. The lowest BCUT2D eigenvalue weighted by molar-refractivity contribution is 0.368. The number of anilines is 1. The second-order valence-electron chi connectivity index (χ2n) is 6.51. The third-order valence-corrected chi connectivity index (χ3v) is 5.33. The first-order valence-corrected chi connectivity index (χ1v) is 10.6. The molecular weight excluding hydrogens is 449 g/mol. The first-order chi connectivity index (χ1) is 16.2. The molecule has 168 valence electrons. The Morgan fingerprint density at radius 2 is 1.97 bits per heavy atom. The van der Waals surface area contributed by atoms with Crippen LogP contribution in [0.3, 0.4) is 0 Å². The lowest BCUT2D eigenvalue weighted by Crippen LogP contribution is -2.09. The molecule has 3 aromatic heterocycles. The van der Waals surface area contributed by atoms with Crippen molar-refractivity contribution in [2.75, 3.05) is 24.7 Å². The van der Waals surface area contributed by atoms with Gasteiger partial charge in [-0.2, -0.15) is 15.2 Å². The summed E-state index contributed by atoms with van der Waals surface area (Å²) < 4.78 is 34.5. The number of nitrogens with one attached hydrogen (secondary N) is 1. The van der Waals surface area contributed by atoms with Crippen LogP contribution in [0.2, 0.25) is 0 Å². The lowest BCUT2D eigenvalue weighted by atomic mass is 10.1. The van der Waals surface area contributed by atoms with Gasteiger partial charge in [0.15, 0.2) is 11.4 Å². The highest BCUT2D eigenvalue weighted by Crippen LogP contribution is 2.35. The Morgan fingerprint density at radius 1 is 1.18 bits per heavy atom. The molecule has 0 spiro atoms. The Morgan fingerprint density at radius 3 is 2.64 bits per heavy atom. The Kier molecular flexibility index (Phi) is 6.70. The maximum atomic E-state index is 13.4. The first kappa shape index (κ1) is 22.1. The minimum atomic E-state index is -0.437. The van der Waals surface area contributed by atoms with Crippen LogP contribution in [0, 0.1) is 17.1 Å². The molecule has 12 heteroatoms. The third kappa shape index (κ3) is 4.58. The number of aromatic nitrogens is 5. The normalized spacial score (nSPS) is 10.6. The van der Waals surface area contributed by atoms with Gasteiger partial charge in [-0.15, -0.1) is 10.2 Å². The fraction of sp³-hybridized carbons (Fsp3) is 0.190. The molecule has 0 amide bonds. The van der Waals surface area contributed by atoms with Gasteiger partial charge in [-0.3, -0.25) is 4.72 Å². The van der Waals surface area contributed by atoms with Crippen LogP contribution < -0.4 is 14.2 Å². The van der Waals surface area contributed by atoms with Gasteiger partial charge in [0.1, 0.15) is 12.1 Å². The number of rotatable bonds is 9. The highest BCUT2D eigenvalue weighted by Gasteiger charge is 2.25. The number of benzene rings is 1. The Balaban J connectivity index is 1.62. The van der Waals surface area contributed by atoms with Crippen LogP contribution in [0.5, 0.6) is 11.8 Å². The van der Waals surface area contributed by atoms with E-state index in [-0.39, 0.29) is 11.8 Å². The van der Waals surface area contributed by atoms with Gasteiger partial charge < -0.3 is 13.9 Å². The molecule has 4 rings (SSSR count). The predicted octanol–water partition coefficient (Wildman–Crippen LogP) is 3.65. The van der Waals surface area contributed by atoms with Gasteiger partial charge in [0.2, 0.25) is 23.5 Å². The van der Waals surface area contributed by atoms with Gasteiger partial charge in [-0.25, -0.2) is 8.96 Å². The quantitative estimate of drug-likeness (QED) is 0.288. The van der Waals surface area contributed by atoms with E-state index in [1.807, 2.05) is 6.07 Å². The topological polar surface area (TPSA) is 124 Å². The summed E-state index contributed by atoms with van der Waals surface area (Å²) in [5.74, 6) is 1.87. The van der Waals surface area contributed by atoms with E-state index in [2.05, 4.69) is 24.9 Å². The minimum absolute atomic E-state index is 0.257. The predicted molar refractivity (Wildman–Crippen MR) is 119 cm³/mol. The van der Waals surface area contributed by atoms with Crippen LogP contribution in [0.25, 0.3) is 17.3 Å². The summed E-state index contributed by atoms with van der Waals surface area (Å²) in [5, 5.41) is 17.7. The average molecular weight is 467 g/mol. The highest BCUT2D eigenvalue weighted by molar-refractivity contribution is 8.00. The van der Waals surface area contributed by atoms with E-state index in [0.29, 0.717) is 41.0 Å². The number of methoxy groups -OCH3 is 2. The van der Waals surface area contributed by atoms with Crippen LogP contribution in [0.4, 0.5) is 10.3 Å². The zero-order chi connectivity index (χ0) is 23.2. The molecule has 0 bridgehead atoms. The molecule has 4 aromatic rings. The second-order valence-corrected chi connectivity index (χ2v) is 7.42. The van der Waals surface area contributed by atoms with Crippen LogP contribution in [-0.2, 0) is 6.42 Å². The summed E-state index contributed by atoms with van der Waals surface area (Å²) in [7, 11) is 2.97. The van der Waals surface area contributed by atoms with Gasteiger partial charge >= 0.3 is 0 Å². The lowest BCUT2D eigenvalue weighted by Gasteiger charge is -2.15. The van der Waals surface area contributed by atoms with Crippen LogP contribution >= 0.6 is 11.9 Å². The van der Waals surface area contributed by atoms with Gasteiger partial charge in [0.05, 0.1) is 32.1 Å². The van der Waals surface area contributed by atoms with Crippen molar-refractivity contribution in [3.8, 4) is 35.1 Å². The number of ether oxygens (including phenoxy) is 2. The van der Waals surface area contributed by atoms with Gasteiger partial charge in [-0.05, 0) is 48.2 Å². The largest absolute Gasteiger partial charge is 0.479 e. The third-order valence-electron chi connectivity index (χ3n) is 4.60. The maximum absolute atomic E-state index is 13.4. The molecule has 0 aliphatic heterocycles. The zero-order valence-electron chi connectivity index (χ0n) is 17.6. The van der Waals surface area contributed by atoms with Crippen molar-refractivity contribution in [1.82, 2.24) is 24.7 Å². The summed E-state index contributed by atoms with van der Waals surface area (Å²) >= 11 is 1.34. The number of aryl methyl sites for hydroxylation is 1. The van der Waals surface area contributed by atoms with Crippen molar-refractivity contribution in [3.05, 3.63) is 59.9 Å². The number of furan rings is 1. The van der Waals surface area contributed by atoms with Crippen LogP contribution in [0.15, 0.2) is 47.3 Å². The van der Waals surface area contributed by atoms with Crippen molar-refractivity contribution in [3.63, 3.8) is 0 Å². The molecule has 0 saturated carbocycles. The van der Waals surface area contributed by atoms with E-state index in [0.717, 1.165) is 5.56 Å². The Hall–Kier alpha value is -4.11. The van der Waals surface area contributed by atoms with Crippen molar-refractivity contribution in [2.24, 2.45) is 0 Å². The van der Waals surface area contributed by atoms with E-state index in [1.54, 1.807) is 22.8 Å². The van der Waals surface area contributed by atoms with E-state index in [1.165, 1.54) is 50.9 Å². The molecule has 0 atom stereocenters. The molecule has 33 heavy (non-hydrogen) atoms. The molecule has 0 fully saturated rings. The van der Waals surface area contributed by atoms with Crippen molar-refractivity contribution in [1.29, 1.82) is 5.26 Å². The molecule has 0 unspecified atom stereocenters. The minimum Gasteiger partial charge on any atom is -0.479 e. The van der Waals surface area contributed by atoms with E-state index in [4.69, 9.17) is 13.9 Å². The maximum Gasteiger partial charge on any atom is 0.245 e. The number of halogens is 1. The Bertz CT molecular complexity index is 1270. The smallest absolute Gasteiger partial charge is 0.245 e. The molecule has 0 aliphatic rings. The van der Waals surface area contributed by atoms with E-state index in [9.17, 15) is 9.65 Å². The number of nitriles is 1. The van der Waals surface area contributed by atoms with Crippen LogP contribution in [-0.4, -0.2) is 44.7 Å². The van der Waals surface area contributed by atoms with Crippen molar-refractivity contribution in [2.45, 2.75) is 6.42 Å². The monoisotopic (exact) mass is 467 g/mol. The molecule has 1 aromatic carbocycles. The molecule has 10 nitrogen and oxygen atoms in total. The second kappa shape index (κ2) is 10.0. The molecule has 1 N–H and O–H groups in total. The van der Waals surface area contributed by atoms with Gasteiger partial charge in [-0.1, -0.05) is 6.07 Å². The molecule has 0 saturated heterocycles. The summed E-state index contributed by atoms with van der Waals surface area (Å²) in [4.78, 5) is 8.34. The summed E-state index contributed by atoms with van der Waals surface area (Å²) in [6, 6.07) is 9.69. The SMILES string of the molecule is COc1ncnc(OC)c1-n1c(NSCCc2ccc(F)cc2C#N)nnc1-c1ccco1. The van der Waals surface area contributed by atoms with Crippen LogP contribution in [0.1, 0.15) is 11.1 Å². The summed E-state index contributed by atoms with van der Waals surface area (Å²) in [6.45, 7) is 0. The van der Waals surface area contributed by atoms with Gasteiger partial charge in [0.25, 0.3) is 0 Å². The van der Waals surface area contributed by atoms with Crippen molar-refractivity contribution < 1.29 is 18.3 Å². The molecule has 0 aliphatic carbocycles. The number of hydrogen-bond acceptors (Lipinski definition) is 10. The van der Waals surface area contributed by atoms with E-state index < -0.39 is 5.82 Å².